The normalized spacial score (nSPS) is 11.7. The molecule has 1 N–H and O–H groups in total. The van der Waals surface area contributed by atoms with Crippen molar-refractivity contribution in [3.8, 4) is 33.9 Å². The first-order valence-corrected chi connectivity index (χ1v) is 15.0. The van der Waals surface area contributed by atoms with Crippen LogP contribution in [-0.4, -0.2) is 39.7 Å². The van der Waals surface area contributed by atoms with Gasteiger partial charge in [0.1, 0.15) is 22.7 Å². The Balaban J connectivity index is 1.60. The standard InChI is InChI=1S/C31H23ClFN3O5S/c1-34-30(37)28-23-15-22(18-5-4-6-19(13-18)31-35-24-12-9-20(32)14-27(24)41-31)25(36(2)42(3,38)39)16-26(23)40-29(28)17-7-10-21(33)11-8-17/h4-16H,1-3H3,(H,34,37). The molecule has 11 heteroatoms. The highest BCUT2D eigenvalue weighted by Gasteiger charge is 2.26. The van der Waals surface area contributed by atoms with Crippen LogP contribution in [-0.2, 0) is 10.0 Å². The van der Waals surface area contributed by atoms with E-state index in [2.05, 4.69) is 10.3 Å². The van der Waals surface area contributed by atoms with Crippen LogP contribution in [0.15, 0.2) is 87.7 Å². The van der Waals surface area contributed by atoms with Gasteiger partial charge in [-0.3, -0.25) is 9.10 Å². The maximum atomic E-state index is 13.7. The maximum absolute atomic E-state index is 13.7. The van der Waals surface area contributed by atoms with Crippen LogP contribution >= 0.6 is 11.6 Å². The van der Waals surface area contributed by atoms with Crippen LogP contribution in [0.4, 0.5) is 10.1 Å². The van der Waals surface area contributed by atoms with Gasteiger partial charge in [0, 0.05) is 53.3 Å². The first kappa shape index (κ1) is 27.5. The average Bonchev–Trinajstić information content (AvgIpc) is 3.56. The van der Waals surface area contributed by atoms with Crippen LogP contribution in [0.1, 0.15) is 10.4 Å². The quantitative estimate of drug-likeness (QED) is 0.217. The summed E-state index contributed by atoms with van der Waals surface area (Å²) in [6, 6.07) is 21.3. The third-order valence-corrected chi connectivity index (χ3v) is 8.40. The van der Waals surface area contributed by atoms with E-state index in [0.717, 1.165) is 10.6 Å². The molecule has 0 aliphatic carbocycles. The van der Waals surface area contributed by atoms with Gasteiger partial charge in [-0.25, -0.2) is 17.8 Å². The first-order chi connectivity index (χ1) is 20.0. The minimum Gasteiger partial charge on any atom is -0.455 e. The number of sulfonamides is 1. The Morgan fingerprint density at radius 2 is 1.67 bits per heavy atom. The SMILES string of the molecule is CNC(=O)c1c(-c2ccc(F)cc2)oc2cc(N(C)S(C)(=O)=O)c(-c3cccc(-c4nc5ccc(Cl)cc5o4)c3)cc12. The number of carbonyl (C=O) groups excluding carboxylic acids is 1. The molecule has 0 unspecified atom stereocenters. The molecule has 2 heterocycles. The number of hydrogen-bond donors (Lipinski definition) is 1. The number of nitrogens with zero attached hydrogens (tertiary/aromatic N) is 2. The second kappa shape index (κ2) is 10.3. The zero-order valence-corrected chi connectivity index (χ0v) is 24.2. The molecule has 0 atom stereocenters. The fourth-order valence-electron chi connectivity index (χ4n) is 4.80. The highest BCUT2D eigenvalue weighted by atomic mass is 35.5. The van der Waals surface area contributed by atoms with Crippen LogP contribution < -0.4 is 9.62 Å². The van der Waals surface area contributed by atoms with Crippen molar-refractivity contribution in [1.29, 1.82) is 0 Å². The van der Waals surface area contributed by atoms with E-state index >= 15 is 0 Å². The molecule has 212 valence electrons. The lowest BCUT2D eigenvalue weighted by Crippen LogP contribution is -2.25. The van der Waals surface area contributed by atoms with Crippen LogP contribution in [0.2, 0.25) is 5.02 Å². The summed E-state index contributed by atoms with van der Waals surface area (Å²) in [7, 11) is -0.751. The van der Waals surface area contributed by atoms with Crippen molar-refractivity contribution < 1.29 is 26.4 Å². The fraction of sp³-hybridized carbons (Fsp3) is 0.0968. The van der Waals surface area contributed by atoms with Crippen molar-refractivity contribution >= 4 is 55.3 Å². The Labute approximate surface area is 245 Å². The molecule has 42 heavy (non-hydrogen) atoms. The molecule has 4 aromatic carbocycles. The van der Waals surface area contributed by atoms with E-state index in [-0.39, 0.29) is 16.9 Å². The van der Waals surface area contributed by atoms with Gasteiger partial charge in [-0.05, 0) is 60.2 Å². The van der Waals surface area contributed by atoms with E-state index in [9.17, 15) is 17.6 Å². The van der Waals surface area contributed by atoms with Gasteiger partial charge in [0.15, 0.2) is 5.58 Å². The summed E-state index contributed by atoms with van der Waals surface area (Å²) >= 11 is 6.11. The first-order valence-electron chi connectivity index (χ1n) is 12.7. The van der Waals surface area contributed by atoms with Gasteiger partial charge < -0.3 is 14.2 Å². The van der Waals surface area contributed by atoms with Crippen LogP contribution in [0.3, 0.4) is 0 Å². The molecule has 6 rings (SSSR count). The molecule has 8 nitrogen and oxygen atoms in total. The highest BCUT2D eigenvalue weighted by molar-refractivity contribution is 7.92. The topological polar surface area (TPSA) is 106 Å². The predicted octanol–water partition coefficient (Wildman–Crippen LogP) is 7.12. The summed E-state index contributed by atoms with van der Waals surface area (Å²) < 4.78 is 52.3. The van der Waals surface area contributed by atoms with Crippen molar-refractivity contribution in [2.45, 2.75) is 0 Å². The van der Waals surface area contributed by atoms with Crippen molar-refractivity contribution in [2.24, 2.45) is 0 Å². The zero-order valence-electron chi connectivity index (χ0n) is 22.6. The number of halogens is 2. The van der Waals surface area contributed by atoms with Crippen molar-refractivity contribution in [3.05, 3.63) is 95.3 Å². The number of benzene rings is 4. The number of carbonyl (C=O) groups is 1. The molecule has 0 radical (unpaired) electrons. The van der Waals surface area contributed by atoms with Crippen LogP contribution in [0.5, 0.6) is 0 Å². The zero-order chi connectivity index (χ0) is 29.8. The molecule has 0 spiro atoms. The van der Waals surface area contributed by atoms with E-state index < -0.39 is 21.7 Å². The second-order valence-electron chi connectivity index (χ2n) is 9.70. The summed E-state index contributed by atoms with van der Waals surface area (Å²) in [5.74, 6) is -0.255. The molecule has 0 aliphatic heterocycles. The molecule has 0 fully saturated rings. The number of hydrogen-bond acceptors (Lipinski definition) is 6. The summed E-state index contributed by atoms with van der Waals surface area (Å²) in [6.45, 7) is 0. The minimum absolute atomic E-state index is 0.230. The highest BCUT2D eigenvalue weighted by Crippen LogP contribution is 2.42. The third kappa shape index (κ3) is 4.88. The van der Waals surface area contributed by atoms with E-state index in [4.69, 9.17) is 20.4 Å². The molecule has 2 aromatic heterocycles. The van der Waals surface area contributed by atoms with Crippen LogP contribution in [0.25, 0.3) is 56.0 Å². The number of oxazole rings is 1. The Bertz CT molecular complexity index is 2120. The monoisotopic (exact) mass is 603 g/mol. The lowest BCUT2D eigenvalue weighted by molar-refractivity contribution is 0.0964. The number of furan rings is 1. The molecule has 0 saturated carbocycles. The smallest absolute Gasteiger partial charge is 0.255 e. The van der Waals surface area contributed by atoms with Gasteiger partial charge in [-0.15, -0.1) is 0 Å². The van der Waals surface area contributed by atoms with Gasteiger partial charge >= 0.3 is 0 Å². The summed E-state index contributed by atoms with van der Waals surface area (Å²) in [6.07, 6.45) is 1.10. The summed E-state index contributed by atoms with van der Waals surface area (Å²) in [5, 5.41) is 3.62. The number of rotatable bonds is 6. The molecule has 0 bridgehead atoms. The largest absolute Gasteiger partial charge is 0.455 e. The summed E-state index contributed by atoms with van der Waals surface area (Å²) in [4.78, 5) is 17.7. The molecule has 1 amide bonds. The Kier molecular flexibility index (Phi) is 6.75. The lowest BCUT2D eigenvalue weighted by atomic mass is 9.97. The molecular formula is C31H23ClFN3O5S. The van der Waals surface area contributed by atoms with Crippen molar-refractivity contribution in [1.82, 2.24) is 10.3 Å². The number of nitrogens with one attached hydrogen (secondary N) is 1. The lowest BCUT2D eigenvalue weighted by Gasteiger charge is -2.21. The van der Waals surface area contributed by atoms with Crippen molar-refractivity contribution in [2.75, 3.05) is 24.7 Å². The second-order valence-corrected chi connectivity index (χ2v) is 12.2. The van der Waals surface area contributed by atoms with E-state index in [0.29, 0.717) is 55.3 Å². The fourth-order valence-corrected chi connectivity index (χ4v) is 5.47. The van der Waals surface area contributed by atoms with Crippen molar-refractivity contribution in [3.63, 3.8) is 0 Å². The third-order valence-electron chi connectivity index (χ3n) is 6.97. The maximum Gasteiger partial charge on any atom is 0.255 e. The summed E-state index contributed by atoms with van der Waals surface area (Å²) in [5.41, 5.74) is 4.33. The van der Waals surface area contributed by atoms with Gasteiger partial charge in [-0.1, -0.05) is 23.7 Å². The van der Waals surface area contributed by atoms with E-state index in [1.807, 2.05) is 18.2 Å². The Morgan fingerprint density at radius 3 is 2.38 bits per heavy atom. The van der Waals surface area contributed by atoms with Gasteiger partial charge in [0.05, 0.1) is 17.5 Å². The predicted molar refractivity (Wildman–Crippen MR) is 162 cm³/mol. The molecular weight excluding hydrogens is 581 g/mol. The van der Waals surface area contributed by atoms with Crippen LogP contribution in [0, 0.1) is 5.82 Å². The van der Waals surface area contributed by atoms with E-state index in [1.165, 1.54) is 38.4 Å². The number of fused-ring (bicyclic) bond motifs is 2. The molecule has 0 aliphatic rings. The van der Waals surface area contributed by atoms with Gasteiger partial charge in [0.2, 0.25) is 15.9 Å². The number of aromatic nitrogens is 1. The average molecular weight is 604 g/mol. The number of amides is 1. The Morgan fingerprint density at radius 1 is 0.929 bits per heavy atom. The number of anilines is 1. The van der Waals surface area contributed by atoms with E-state index in [1.54, 1.807) is 36.4 Å². The van der Waals surface area contributed by atoms with Gasteiger partial charge in [-0.2, -0.15) is 0 Å². The molecule has 0 saturated heterocycles. The Hall–Kier alpha value is -4.67. The molecule has 6 aromatic rings. The minimum atomic E-state index is -3.69. The van der Waals surface area contributed by atoms with Gasteiger partial charge in [0.25, 0.3) is 5.91 Å².